The summed E-state index contributed by atoms with van der Waals surface area (Å²) in [4.78, 5) is 21.3. The van der Waals surface area contributed by atoms with Gasteiger partial charge in [0.05, 0.1) is 5.88 Å². The Kier molecular flexibility index (Phi) is 3.48. The molecule has 0 aliphatic rings. The first-order valence-electron chi connectivity index (χ1n) is 3.82. The molecule has 1 aromatic carbocycles. The fourth-order valence-electron chi connectivity index (χ4n) is 0.940. The Balaban J connectivity index is 2.78. The van der Waals surface area contributed by atoms with Crippen LogP contribution in [0.2, 0.25) is 0 Å². The quantitative estimate of drug-likeness (QED) is 0.598. The minimum atomic E-state index is -1.14. The summed E-state index contributed by atoms with van der Waals surface area (Å²) in [7, 11) is 0. The summed E-state index contributed by atoms with van der Waals surface area (Å²) in [6.45, 7) is 0. The first-order valence-corrected chi connectivity index (χ1v) is 4.36. The van der Waals surface area contributed by atoms with E-state index < -0.39 is 6.09 Å². The molecule has 14 heavy (non-hydrogen) atoms. The maximum absolute atomic E-state index is 11.1. The molecule has 0 aliphatic carbocycles. The molecule has 0 unspecified atom stereocenters. The summed E-state index contributed by atoms with van der Waals surface area (Å²) in [5.41, 5.74) is 0.888. The van der Waals surface area contributed by atoms with Crippen LogP contribution in [0.5, 0.6) is 0 Å². The highest BCUT2D eigenvalue weighted by molar-refractivity contribution is 6.30. The number of carboxylic acid groups (broad SMARTS) is 1. The van der Waals surface area contributed by atoms with E-state index in [1.807, 2.05) is 0 Å². The molecule has 0 saturated carbocycles. The molecule has 2 N–H and O–H groups in total. The van der Waals surface area contributed by atoms with Gasteiger partial charge >= 0.3 is 6.09 Å². The second kappa shape index (κ2) is 4.62. The summed E-state index contributed by atoms with van der Waals surface area (Å²) < 4.78 is 0. The highest BCUT2D eigenvalue weighted by Gasteiger charge is 2.03. The largest absolute Gasteiger partial charge is 0.465 e. The predicted octanol–water partition coefficient (Wildman–Crippen LogP) is 2.20. The topological polar surface area (TPSA) is 66.4 Å². The molecule has 1 amide bonds. The van der Waals surface area contributed by atoms with E-state index in [1.165, 1.54) is 24.3 Å². The van der Waals surface area contributed by atoms with Crippen molar-refractivity contribution in [3.8, 4) is 0 Å². The molecule has 5 heteroatoms. The zero-order chi connectivity index (χ0) is 10.6. The van der Waals surface area contributed by atoms with Crippen molar-refractivity contribution >= 4 is 29.2 Å². The van der Waals surface area contributed by atoms with E-state index in [1.54, 1.807) is 0 Å². The number of benzene rings is 1. The van der Waals surface area contributed by atoms with Crippen LogP contribution < -0.4 is 5.32 Å². The minimum Gasteiger partial charge on any atom is -0.465 e. The SMILES string of the molecule is O=C(O)Nc1ccc(C(=O)CCl)cc1. The molecule has 0 aliphatic heterocycles. The number of halogens is 1. The lowest BCUT2D eigenvalue weighted by atomic mass is 10.1. The smallest absolute Gasteiger partial charge is 0.409 e. The van der Waals surface area contributed by atoms with E-state index in [0.717, 1.165) is 0 Å². The van der Waals surface area contributed by atoms with Crippen LogP contribution in [0.15, 0.2) is 24.3 Å². The molecule has 1 aromatic rings. The maximum atomic E-state index is 11.1. The van der Waals surface area contributed by atoms with Crippen molar-refractivity contribution in [2.24, 2.45) is 0 Å². The van der Waals surface area contributed by atoms with Gasteiger partial charge in [0.2, 0.25) is 0 Å². The Morgan fingerprint density at radius 1 is 1.29 bits per heavy atom. The highest BCUT2D eigenvalue weighted by Crippen LogP contribution is 2.10. The fourth-order valence-corrected chi connectivity index (χ4v) is 1.09. The molecular formula is C9H8ClNO3. The number of Topliss-reactive ketones (excluding diaryl/α,β-unsaturated/α-hetero) is 1. The van der Waals surface area contributed by atoms with Gasteiger partial charge in [0.25, 0.3) is 0 Å². The van der Waals surface area contributed by atoms with Crippen molar-refractivity contribution < 1.29 is 14.7 Å². The van der Waals surface area contributed by atoms with E-state index in [0.29, 0.717) is 11.3 Å². The average molecular weight is 214 g/mol. The van der Waals surface area contributed by atoms with Gasteiger partial charge in [-0.2, -0.15) is 0 Å². The Morgan fingerprint density at radius 3 is 2.29 bits per heavy atom. The Morgan fingerprint density at radius 2 is 1.86 bits per heavy atom. The molecule has 0 radical (unpaired) electrons. The summed E-state index contributed by atoms with van der Waals surface area (Å²) in [5.74, 6) is -0.264. The number of amides is 1. The monoisotopic (exact) mass is 213 g/mol. The number of anilines is 1. The fraction of sp³-hybridized carbons (Fsp3) is 0.111. The lowest BCUT2D eigenvalue weighted by molar-refractivity contribution is 0.102. The number of ketones is 1. The normalized spacial score (nSPS) is 9.50. The molecule has 0 bridgehead atoms. The zero-order valence-corrected chi connectivity index (χ0v) is 7.91. The van der Waals surface area contributed by atoms with Gasteiger partial charge < -0.3 is 5.11 Å². The van der Waals surface area contributed by atoms with Crippen molar-refractivity contribution in [1.29, 1.82) is 0 Å². The van der Waals surface area contributed by atoms with Gasteiger partial charge in [-0.3, -0.25) is 10.1 Å². The molecule has 0 spiro atoms. The predicted molar refractivity (Wildman–Crippen MR) is 53.1 cm³/mol. The molecule has 0 saturated heterocycles. The van der Waals surface area contributed by atoms with Gasteiger partial charge in [-0.15, -0.1) is 11.6 Å². The van der Waals surface area contributed by atoms with Gasteiger partial charge in [-0.25, -0.2) is 4.79 Å². The summed E-state index contributed by atoms with van der Waals surface area (Å²) >= 11 is 5.35. The summed E-state index contributed by atoms with van der Waals surface area (Å²) in [6.07, 6.45) is -1.14. The number of rotatable bonds is 3. The molecule has 74 valence electrons. The van der Waals surface area contributed by atoms with Gasteiger partial charge in [0.15, 0.2) is 5.78 Å². The number of nitrogens with one attached hydrogen (secondary N) is 1. The third-order valence-electron chi connectivity index (χ3n) is 1.58. The summed E-state index contributed by atoms with van der Waals surface area (Å²) in [6, 6.07) is 6.06. The molecule has 1 rings (SSSR count). The zero-order valence-electron chi connectivity index (χ0n) is 7.16. The molecule has 0 fully saturated rings. The van der Waals surface area contributed by atoms with E-state index in [2.05, 4.69) is 5.32 Å². The number of hydrogen-bond acceptors (Lipinski definition) is 2. The standard InChI is InChI=1S/C9H8ClNO3/c10-5-8(12)6-1-3-7(4-2-6)11-9(13)14/h1-4,11H,5H2,(H,13,14). The highest BCUT2D eigenvalue weighted by atomic mass is 35.5. The second-order valence-corrected chi connectivity index (χ2v) is 2.83. The second-order valence-electron chi connectivity index (χ2n) is 2.56. The van der Waals surface area contributed by atoms with E-state index in [9.17, 15) is 9.59 Å². The number of alkyl halides is 1. The Bertz CT molecular complexity index is 348. The maximum Gasteiger partial charge on any atom is 0.409 e. The van der Waals surface area contributed by atoms with Gasteiger partial charge in [0.1, 0.15) is 0 Å². The first kappa shape index (κ1) is 10.5. The van der Waals surface area contributed by atoms with Crippen LogP contribution >= 0.6 is 11.6 Å². The van der Waals surface area contributed by atoms with Crippen LogP contribution in [-0.4, -0.2) is 22.9 Å². The summed E-state index contributed by atoms with van der Waals surface area (Å²) in [5, 5.41) is 10.6. The molecule has 0 heterocycles. The van der Waals surface area contributed by atoms with Crippen LogP contribution in [0.3, 0.4) is 0 Å². The molecule has 0 atom stereocenters. The van der Waals surface area contributed by atoms with Crippen LogP contribution in [0.1, 0.15) is 10.4 Å². The van der Waals surface area contributed by atoms with Crippen molar-refractivity contribution in [1.82, 2.24) is 0 Å². The number of carbonyl (C=O) groups is 2. The van der Waals surface area contributed by atoms with E-state index in [4.69, 9.17) is 16.7 Å². The van der Waals surface area contributed by atoms with Crippen molar-refractivity contribution in [3.63, 3.8) is 0 Å². The lowest BCUT2D eigenvalue weighted by Crippen LogP contribution is -2.07. The minimum absolute atomic E-state index is 0.0777. The van der Waals surface area contributed by atoms with E-state index in [-0.39, 0.29) is 11.7 Å². The van der Waals surface area contributed by atoms with Gasteiger partial charge in [-0.05, 0) is 24.3 Å². The van der Waals surface area contributed by atoms with Crippen LogP contribution in [0, 0.1) is 0 Å². The van der Waals surface area contributed by atoms with Crippen LogP contribution in [0.4, 0.5) is 10.5 Å². The van der Waals surface area contributed by atoms with Gasteiger partial charge in [0, 0.05) is 11.3 Å². The van der Waals surface area contributed by atoms with Gasteiger partial charge in [-0.1, -0.05) is 0 Å². The van der Waals surface area contributed by atoms with Crippen LogP contribution in [0.25, 0.3) is 0 Å². The Hall–Kier alpha value is -1.55. The third kappa shape index (κ3) is 2.74. The Labute approximate surface area is 85.5 Å². The van der Waals surface area contributed by atoms with Crippen molar-refractivity contribution in [2.75, 3.05) is 11.2 Å². The number of carbonyl (C=O) groups excluding carboxylic acids is 1. The lowest BCUT2D eigenvalue weighted by Gasteiger charge is -2.01. The average Bonchev–Trinajstić information content (AvgIpc) is 2.17. The first-order chi connectivity index (χ1) is 6.63. The molecule has 0 aromatic heterocycles. The molecular weight excluding hydrogens is 206 g/mol. The molecule has 4 nitrogen and oxygen atoms in total. The third-order valence-corrected chi connectivity index (χ3v) is 1.82. The van der Waals surface area contributed by atoms with Crippen LogP contribution in [-0.2, 0) is 0 Å². The van der Waals surface area contributed by atoms with E-state index >= 15 is 0 Å². The van der Waals surface area contributed by atoms with Crippen molar-refractivity contribution in [2.45, 2.75) is 0 Å². The number of hydrogen-bond donors (Lipinski definition) is 2. The van der Waals surface area contributed by atoms with Crippen molar-refractivity contribution in [3.05, 3.63) is 29.8 Å².